The molecule has 0 fully saturated rings. The number of benzene rings is 1. The van der Waals surface area contributed by atoms with Crippen LogP contribution in [0.1, 0.15) is 19.9 Å². The molecule has 0 aliphatic heterocycles. The van der Waals surface area contributed by atoms with Crippen LogP contribution in [0.5, 0.6) is 0 Å². The molecular formula is C17H16N3O+. The van der Waals surface area contributed by atoms with E-state index < -0.39 is 0 Å². The van der Waals surface area contributed by atoms with Crippen LogP contribution in [0.15, 0.2) is 59.7 Å². The minimum Gasteiger partial charge on any atom is -0.433 e. The Labute approximate surface area is 122 Å². The Balaban J connectivity index is 1.99. The molecule has 4 rings (SSSR count). The molecule has 4 nitrogen and oxygen atoms in total. The summed E-state index contributed by atoms with van der Waals surface area (Å²) >= 11 is 0. The van der Waals surface area contributed by atoms with Gasteiger partial charge in [0, 0.05) is 17.0 Å². The smallest absolute Gasteiger partial charge is 0.249 e. The molecule has 3 aromatic heterocycles. The molecule has 0 bridgehead atoms. The first kappa shape index (κ1) is 12.1. The van der Waals surface area contributed by atoms with Gasteiger partial charge in [-0.05, 0) is 32.0 Å². The van der Waals surface area contributed by atoms with Crippen molar-refractivity contribution < 1.29 is 8.98 Å². The summed E-state index contributed by atoms with van der Waals surface area (Å²) in [6.07, 6.45) is 7.96. The third-order valence-corrected chi connectivity index (χ3v) is 3.79. The Morgan fingerprint density at radius 2 is 2.00 bits per heavy atom. The van der Waals surface area contributed by atoms with Crippen molar-refractivity contribution >= 4 is 22.1 Å². The van der Waals surface area contributed by atoms with Gasteiger partial charge in [-0.3, -0.25) is 0 Å². The monoisotopic (exact) mass is 278 g/mol. The van der Waals surface area contributed by atoms with Crippen LogP contribution in [-0.4, -0.2) is 9.55 Å². The number of pyridine rings is 1. The molecule has 0 aliphatic carbocycles. The molecule has 0 spiro atoms. The average molecular weight is 278 g/mol. The van der Waals surface area contributed by atoms with Crippen LogP contribution in [0.4, 0.5) is 0 Å². The van der Waals surface area contributed by atoms with Crippen LogP contribution in [0.25, 0.3) is 27.8 Å². The normalized spacial score (nSPS) is 11.8. The molecule has 0 atom stereocenters. The van der Waals surface area contributed by atoms with Crippen LogP contribution in [-0.2, 0) is 0 Å². The molecule has 104 valence electrons. The van der Waals surface area contributed by atoms with Gasteiger partial charge in [0.05, 0.1) is 6.04 Å². The molecule has 4 aromatic rings. The second-order valence-corrected chi connectivity index (χ2v) is 5.47. The third kappa shape index (κ3) is 1.83. The Morgan fingerprint density at radius 1 is 1.14 bits per heavy atom. The quantitative estimate of drug-likeness (QED) is 0.525. The van der Waals surface area contributed by atoms with Crippen molar-refractivity contribution in [2.75, 3.05) is 0 Å². The fraction of sp³-hybridized carbons (Fsp3) is 0.176. The van der Waals surface area contributed by atoms with Crippen molar-refractivity contribution in [3.05, 3.63) is 55.2 Å². The molecule has 0 aliphatic rings. The SMILES string of the molecule is CC(C)[n+]1ccn(-c2cccc3c2oc2ncccc23)c1. The van der Waals surface area contributed by atoms with Crippen molar-refractivity contribution in [3.8, 4) is 5.69 Å². The lowest BCUT2D eigenvalue weighted by molar-refractivity contribution is -0.715. The van der Waals surface area contributed by atoms with Crippen LogP contribution in [0.3, 0.4) is 0 Å². The molecule has 3 heterocycles. The first-order valence-electron chi connectivity index (χ1n) is 7.09. The van der Waals surface area contributed by atoms with Crippen LogP contribution < -0.4 is 4.57 Å². The predicted molar refractivity (Wildman–Crippen MR) is 81.4 cm³/mol. The minimum atomic E-state index is 0.433. The van der Waals surface area contributed by atoms with Gasteiger partial charge in [0.2, 0.25) is 12.0 Å². The number of nitrogens with zero attached hydrogens (tertiary/aromatic N) is 3. The van der Waals surface area contributed by atoms with E-state index in [-0.39, 0.29) is 0 Å². The molecule has 0 saturated heterocycles. The summed E-state index contributed by atoms with van der Waals surface area (Å²) in [4.78, 5) is 4.31. The zero-order chi connectivity index (χ0) is 14.4. The van der Waals surface area contributed by atoms with Gasteiger partial charge in [0.15, 0.2) is 11.3 Å². The van der Waals surface area contributed by atoms with E-state index in [4.69, 9.17) is 4.42 Å². The second-order valence-electron chi connectivity index (χ2n) is 5.47. The summed E-state index contributed by atoms with van der Waals surface area (Å²) in [6, 6.07) is 10.6. The summed E-state index contributed by atoms with van der Waals surface area (Å²) in [7, 11) is 0. The van der Waals surface area contributed by atoms with E-state index in [1.54, 1.807) is 6.20 Å². The minimum absolute atomic E-state index is 0.433. The lowest BCUT2D eigenvalue weighted by atomic mass is 10.2. The fourth-order valence-corrected chi connectivity index (χ4v) is 2.64. The predicted octanol–water partition coefficient (Wildman–Crippen LogP) is 3.64. The van der Waals surface area contributed by atoms with Gasteiger partial charge in [0.25, 0.3) is 0 Å². The largest absolute Gasteiger partial charge is 0.433 e. The van der Waals surface area contributed by atoms with Crippen LogP contribution in [0.2, 0.25) is 0 Å². The summed E-state index contributed by atoms with van der Waals surface area (Å²) in [5.74, 6) is 0. The maximum absolute atomic E-state index is 5.97. The Kier molecular flexibility index (Phi) is 2.57. The maximum atomic E-state index is 5.97. The maximum Gasteiger partial charge on any atom is 0.249 e. The molecule has 4 heteroatoms. The Hall–Kier alpha value is -2.62. The first-order chi connectivity index (χ1) is 10.2. The van der Waals surface area contributed by atoms with E-state index in [9.17, 15) is 0 Å². The van der Waals surface area contributed by atoms with E-state index in [0.717, 1.165) is 22.0 Å². The van der Waals surface area contributed by atoms with Crippen molar-refractivity contribution in [3.63, 3.8) is 0 Å². The summed E-state index contributed by atoms with van der Waals surface area (Å²) in [5.41, 5.74) is 2.59. The number of hydrogen-bond acceptors (Lipinski definition) is 2. The van der Waals surface area contributed by atoms with Gasteiger partial charge >= 0.3 is 0 Å². The Bertz CT molecular complexity index is 933. The lowest BCUT2D eigenvalue weighted by Crippen LogP contribution is -2.33. The van der Waals surface area contributed by atoms with Crippen molar-refractivity contribution in [2.24, 2.45) is 0 Å². The third-order valence-electron chi connectivity index (χ3n) is 3.79. The zero-order valence-corrected chi connectivity index (χ0v) is 12.0. The number of fused-ring (bicyclic) bond motifs is 3. The molecule has 0 N–H and O–H groups in total. The highest BCUT2D eigenvalue weighted by atomic mass is 16.3. The molecular weight excluding hydrogens is 262 g/mol. The van der Waals surface area contributed by atoms with Crippen LogP contribution in [0, 0.1) is 0 Å². The average Bonchev–Trinajstić information content (AvgIpc) is 3.11. The summed E-state index contributed by atoms with van der Waals surface area (Å²) < 4.78 is 10.2. The number of hydrogen-bond donors (Lipinski definition) is 0. The van der Waals surface area contributed by atoms with Gasteiger partial charge in [-0.15, -0.1) is 0 Å². The van der Waals surface area contributed by atoms with Gasteiger partial charge in [0.1, 0.15) is 12.4 Å². The van der Waals surface area contributed by atoms with E-state index >= 15 is 0 Å². The fourth-order valence-electron chi connectivity index (χ4n) is 2.64. The van der Waals surface area contributed by atoms with Gasteiger partial charge in [-0.1, -0.05) is 12.1 Å². The highest BCUT2D eigenvalue weighted by Gasteiger charge is 2.16. The van der Waals surface area contributed by atoms with E-state index in [1.807, 2.05) is 12.1 Å². The highest BCUT2D eigenvalue weighted by Crippen LogP contribution is 2.31. The Morgan fingerprint density at radius 3 is 2.81 bits per heavy atom. The summed E-state index contributed by atoms with van der Waals surface area (Å²) in [5, 5.41) is 2.15. The van der Waals surface area contributed by atoms with E-state index in [0.29, 0.717) is 11.8 Å². The lowest BCUT2D eigenvalue weighted by Gasteiger charge is -1.98. The molecule has 21 heavy (non-hydrogen) atoms. The molecule has 0 saturated carbocycles. The number of imidazole rings is 1. The van der Waals surface area contributed by atoms with E-state index in [1.165, 1.54) is 0 Å². The molecule has 0 unspecified atom stereocenters. The van der Waals surface area contributed by atoms with Crippen molar-refractivity contribution in [1.82, 2.24) is 9.55 Å². The van der Waals surface area contributed by atoms with E-state index in [2.05, 4.69) is 64.9 Å². The number of para-hydroxylation sites is 1. The number of rotatable bonds is 2. The number of furan rings is 1. The van der Waals surface area contributed by atoms with Crippen molar-refractivity contribution in [1.29, 1.82) is 0 Å². The molecule has 0 amide bonds. The van der Waals surface area contributed by atoms with Gasteiger partial charge in [-0.25, -0.2) is 9.55 Å². The van der Waals surface area contributed by atoms with Crippen LogP contribution >= 0.6 is 0 Å². The topological polar surface area (TPSA) is 34.8 Å². The first-order valence-corrected chi connectivity index (χ1v) is 7.09. The number of aromatic nitrogens is 3. The van der Waals surface area contributed by atoms with Gasteiger partial charge < -0.3 is 4.42 Å². The standard InChI is InChI=1S/C17H16N3O/c1-12(2)19-9-10-20(11-19)15-7-3-5-13-14-6-4-8-18-17(14)21-16(13)15/h3-12H,1-2H3/q+1. The summed E-state index contributed by atoms with van der Waals surface area (Å²) in [6.45, 7) is 4.33. The highest BCUT2D eigenvalue weighted by molar-refractivity contribution is 6.06. The second kappa shape index (κ2) is 4.45. The molecule has 0 radical (unpaired) electrons. The molecule has 1 aromatic carbocycles. The van der Waals surface area contributed by atoms with Crippen molar-refractivity contribution in [2.45, 2.75) is 19.9 Å². The zero-order valence-electron chi connectivity index (χ0n) is 12.0. The van der Waals surface area contributed by atoms with Gasteiger partial charge in [-0.2, -0.15) is 4.57 Å².